The Morgan fingerprint density at radius 2 is 1.88 bits per heavy atom. The van der Waals surface area contributed by atoms with Crippen LogP contribution in [0.25, 0.3) is 0 Å². The van der Waals surface area contributed by atoms with Crippen LogP contribution in [0.3, 0.4) is 0 Å². The van der Waals surface area contributed by atoms with Crippen molar-refractivity contribution in [1.82, 2.24) is 9.21 Å². The number of carbonyl (C=O) groups excluding carboxylic acids is 1. The molecular formula is C16H22N2O5S. The van der Waals surface area contributed by atoms with Gasteiger partial charge in [-0.1, -0.05) is 19.9 Å². The Labute approximate surface area is 141 Å². The van der Waals surface area contributed by atoms with Gasteiger partial charge in [0.25, 0.3) is 0 Å². The summed E-state index contributed by atoms with van der Waals surface area (Å²) in [5.41, 5.74) is 1.92. The number of hydrogen-bond acceptors (Lipinski definition) is 4. The molecule has 0 bridgehead atoms. The van der Waals surface area contributed by atoms with Crippen molar-refractivity contribution in [1.29, 1.82) is 0 Å². The predicted octanol–water partition coefficient (Wildman–Crippen LogP) is 0.941. The van der Waals surface area contributed by atoms with E-state index in [0.717, 1.165) is 11.1 Å². The highest BCUT2D eigenvalue weighted by molar-refractivity contribution is 7.89. The van der Waals surface area contributed by atoms with Gasteiger partial charge in [-0.05, 0) is 29.7 Å². The van der Waals surface area contributed by atoms with E-state index in [0.29, 0.717) is 26.1 Å². The van der Waals surface area contributed by atoms with Crippen LogP contribution < -0.4 is 0 Å². The Balaban J connectivity index is 2.13. The molecule has 24 heavy (non-hydrogen) atoms. The van der Waals surface area contributed by atoms with Gasteiger partial charge in [0, 0.05) is 26.2 Å². The summed E-state index contributed by atoms with van der Waals surface area (Å²) in [6.45, 7) is 4.80. The number of sulfonamides is 1. The molecule has 0 saturated heterocycles. The van der Waals surface area contributed by atoms with Crippen molar-refractivity contribution in [2.45, 2.75) is 26.8 Å². The summed E-state index contributed by atoms with van der Waals surface area (Å²) < 4.78 is 25.7. The van der Waals surface area contributed by atoms with Crippen LogP contribution in [0.4, 0.5) is 0 Å². The lowest BCUT2D eigenvalue weighted by atomic mass is 9.97. The highest BCUT2D eigenvalue weighted by Crippen LogP contribution is 2.21. The largest absolute Gasteiger partial charge is 0.478 e. The van der Waals surface area contributed by atoms with Crippen LogP contribution in [0, 0.1) is 0 Å². The first-order valence-electron chi connectivity index (χ1n) is 7.89. The lowest BCUT2D eigenvalue weighted by Crippen LogP contribution is -2.43. The number of rotatable bonds is 6. The number of carboxylic acid groups (broad SMARTS) is 1. The number of carboxylic acids is 1. The molecule has 1 aromatic carbocycles. The van der Waals surface area contributed by atoms with Crippen LogP contribution in [-0.2, 0) is 27.8 Å². The minimum atomic E-state index is -3.62. The molecule has 2 rings (SSSR count). The molecule has 0 fully saturated rings. The van der Waals surface area contributed by atoms with Gasteiger partial charge in [-0.25, -0.2) is 17.5 Å². The quantitative estimate of drug-likeness (QED) is 0.820. The van der Waals surface area contributed by atoms with Crippen LogP contribution in [0.15, 0.2) is 18.2 Å². The maximum absolute atomic E-state index is 12.4. The van der Waals surface area contributed by atoms with Gasteiger partial charge in [-0.3, -0.25) is 4.79 Å². The summed E-state index contributed by atoms with van der Waals surface area (Å²) in [6, 6.07) is 4.85. The molecule has 1 aliphatic heterocycles. The van der Waals surface area contributed by atoms with Crippen LogP contribution >= 0.6 is 0 Å². The standard InChI is InChI=1S/C16H22N2O5S/c1-3-18(4-2)24(22,23)11-15(19)17-8-7-12-5-6-13(16(20)21)9-14(12)10-17/h5-6,9H,3-4,7-8,10-11H2,1-2H3,(H,20,21). The number of hydrogen-bond donors (Lipinski definition) is 1. The fourth-order valence-corrected chi connectivity index (χ4v) is 4.32. The first-order valence-corrected chi connectivity index (χ1v) is 9.50. The van der Waals surface area contributed by atoms with Gasteiger partial charge >= 0.3 is 5.97 Å². The van der Waals surface area contributed by atoms with Crippen LogP contribution in [0.2, 0.25) is 0 Å². The van der Waals surface area contributed by atoms with Crippen molar-refractivity contribution in [3.63, 3.8) is 0 Å². The topological polar surface area (TPSA) is 95.0 Å². The van der Waals surface area contributed by atoms with Crippen LogP contribution in [0.5, 0.6) is 0 Å². The van der Waals surface area contributed by atoms with Gasteiger partial charge in [-0.2, -0.15) is 0 Å². The van der Waals surface area contributed by atoms with E-state index in [2.05, 4.69) is 0 Å². The second-order valence-corrected chi connectivity index (χ2v) is 7.66. The van der Waals surface area contributed by atoms with E-state index in [9.17, 15) is 18.0 Å². The summed E-state index contributed by atoms with van der Waals surface area (Å²) in [7, 11) is -3.62. The molecule has 1 aromatic rings. The molecule has 0 unspecified atom stereocenters. The van der Waals surface area contributed by atoms with Crippen molar-refractivity contribution in [2.24, 2.45) is 0 Å². The SMILES string of the molecule is CCN(CC)S(=O)(=O)CC(=O)N1CCc2ccc(C(=O)O)cc2C1. The Morgan fingerprint density at radius 1 is 1.21 bits per heavy atom. The Morgan fingerprint density at radius 3 is 2.46 bits per heavy atom. The minimum Gasteiger partial charge on any atom is -0.478 e. The van der Waals surface area contributed by atoms with Crippen molar-refractivity contribution >= 4 is 21.9 Å². The monoisotopic (exact) mass is 354 g/mol. The van der Waals surface area contributed by atoms with E-state index in [1.807, 2.05) is 0 Å². The Bertz CT molecular complexity index is 741. The van der Waals surface area contributed by atoms with Gasteiger partial charge < -0.3 is 10.0 Å². The molecule has 0 atom stereocenters. The molecule has 0 aliphatic carbocycles. The smallest absolute Gasteiger partial charge is 0.335 e. The van der Waals surface area contributed by atoms with Crippen molar-refractivity contribution < 1.29 is 23.1 Å². The molecule has 0 radical (unpaired) electrons. The van der Waals surface area contributed by atoms with E-state index in [1.165, 1.54) is 9.21 Å². The van der Waals surface area contributed by atoms with E-state index in [-0.39, 0.29) is 12.1 Å². The lowest BCUT2D eigenvalue weighted by molar-refractivity contribution is -0.129. The first kappa shape index (κ1) is 18.4. The number of carbonyl (C=O) groups is 2. The normalized spacial score (nSPS) is 14.5. The van der Waals surface area contributed by atoms with Gasteiger partial charge in [0.2, 0.25) is 15.9 Å². The summed E-state index contributed by atoms with van der Waals surface area (Å²) in [5.74, 6) is -2.03. The number of amides is 1. The zero-order valence-electron chi connectivity index (χ0n) is 13.9. The molecule has 1 amide bonds. The summed E-state index contributed by atoms with van der Waals surface area (Å²) in [6.07, 6.45) is 0.590. The Hall–Kier alpha value is -1.93. The minimum absolute atomic E-state index is 0.166. The molecule has 1 aliphatic rings. The zero-order valence-corrected chi connectivity index (χ0v) is 14.7. The second kappa shape index (κ2) is 7.31. The maximum atomic E-state index is 12.4. The van der Waals surface area contributed by atoms with E-state index in [4.69, 9.17) is 5.11 Å². The number of aromatic carboxylic acids is 1. The third kappa shape index (κ3) is 3.93. The zero-order chi connectivity index (χ0) is 17.9. The number of benzene rings is 1. The number of nitrogens with zero attached hydrogens (tertiary/aromatic N) is 2. The molecule has 0 saturated carbocycles. The van der Waals surface area contributed by atoms with Gasteiger partial charge in [0.05, 0.1) is 5.56 Å². The van der Waals surface area contributed by atoms with Crippen molar-refractivity contribution in [3.05, 3.63) is 34.9 Å². The molecule has 0 spiro atoms. The average molecular weight is 354 g/mol. The number of fused-ring (bicyclic) bond motifs is 1. The van der Waals surface area contributed by atoms with E-state index >= 15 is 0 Å². The van der Waals surface area contributed by atoms with Crippen LogP contribution in [0.1, 0.15) is 35.3 Å². The summed E-state index contributed by atoms with van der Waals surface area (Å²) in [4.78, 5) is 24.9. The van der Waals surface area contributed by atoms with Gasteiger partial charge in [0.1, 0.15) is 5.75 Å². The Kier molecular flexibility index (Phi) is 5.61. The van der Waals surface area contributed by atoms with Crippen LogP contribution in [-0.4, -0.2) is 60.0 Å². The highest BCUT2D eigenvalue weighted by atomic mass is 32.2. The highest BCUT2D eigenvalue weighted by Gasteiger charge is 2.28. The van der Waals surface area contributed by atoms with E-state index < -0.39 is 27.7 Å². The third-order valence-corrected chi connectivity index (χ3v) is 6.14. The van der Waals surface area contributed by atoms with Crippen molar-refractivity contribution in [3.8, 4) is 0 Å². The van der Waals surface area contributed by atoms with Gasteiger partial charge in [-0.15, -0.1) is 0 Å². The van der Waals surface area contributed by atoms with Gasteiger partial charge in [0.15, 0.2) is 0 Å². The predicted molar refractivity (Wildman–Crippen MR) is 89.2 cm³/mol. The van der Waals surface area contributed by atoms with Crippen molar-refractivity contribution in [2.75, 3.05) is 25.4 Å². The third-order valence-electron chi connectivity index (χ3n) is 4.22. The first-order chi connectivity index (χ1) is 11.3. The molecule has 1 heterocycles. The molecule has 1 N–H and O–H groups in total. The fourth-order valence-electron chi connectivity index (χ4n) is 2.86. The second-order valence-electron chi connectivity index (χ2n) is 5.69. The summed E-state index contributed by atoms with van der Waals surface area (Å²) in [5, 5.41) is 9.06. The maximum Gasteiger partial charge on any atom is 0.335 e. The molecular weight excluding hydrogens is 332 g/mol. The molecule has 132 valence electrons. The molecule has 0 aromatic heterocycles. The molecule has 7 nitrogen and oxygen atoms in total. The van der Waals surface area contributed by atoms with E-state index in [1.54, 1.807) is 32.0 Å². The lowest BCUT2D eigenvalue weighted by Gasteiger charge is -2.30. The summed E-state index contributed by atoms with van der Waals surface area (Å²) >= 11 is 0. The average Bonchev–Trinajstić information content (AvgIpc) is 2.54. The fraction of sp³-hybridized carbons (Fsp3) is 0.500. The molecule has 8 heteroatoms.